The number of phenols is 1. The SMILES string of the molecule is CCOc1cc([C@H]2C(C#N)=C(N)Oc3cc(O)ccc32)cc(Cl)c1OCc1cccc(F)c1. The predicted octanol–water partition coefficient (Wildman–Crippen LogP) is 5.38. The zero-order chi connectivity index (χ0) is 23.5. The van der Waals surface area contributed by atoms with Gasteiger partial charge in [0.2, 0.25) is 5.88 Å². The van der Waals surface area contributed by atoms with E-state index in [4.69, 9.17) is 31.5 Å². The minimum atomic E-state index is -0.590. The fourth-order valence-corrected chi connectivity index (χ4v) is 4.00. The Hall–Kier alpha value is -3.89. The van der Waals surface area contributed by atoms with E-state index in [0.29, 0.717) is 40.5 Å². The maximum Gasteiger partial charge on any atom is 0.205 e. The van der Waals surface area contributed by atoms with Gasteiger partial charge in [-0.25, -0.2) is 4.39 Å². The fraction of sp³-hybridized carbons (Fsp3) is 0.160. The maximum absolute atomic E-state index is 13.5. The molecule has 3 aromatic rings. The summed E-state index contributed by atoms with van der Waals surface area (Å²) >= 11 is 6.59. The third kappa shape index (κ3) is 4.52. The van der Waals surface area contributed by atoms with Crippen molar-refractivity contribution in [1.82, 2.24) is 0 Å². The average molecular weight is 467 g/mol. The first-order chi connectivity index (χ1) is 15.9. The molecule has 6 nitrogen and oxygen atoms in total. The Morgan fingerprint density at radius 1 is 1.18 bits per heavy atom. The lowest BCUT2D eigenvalue weighted by Crippen LogP contribution is -2.21. The van der Waals surface area contributed by atoms with E-state index in [9.17, 15) is 14.8 Å². The number of hydrogen-bond acceptors (Lipinski definition) is 6. The number of ether oxygens (including phenoxy) is 3. The smallest absolute Gasteiger partial charge is 0.205 e. The van der Waals surface area contributed by atoms with Crippen molar-refractivity contribution < 1.29 is 23.7 Å². The average Bonchev–Trinajstić information content (AvgIpc) is 2.77. The fourth-order valence-electron chi connectivity index (χ4n) is 3.73. The quantitative estimate of drug-likeness (QED) is 0.506. The van der Waals surface area contributed by atoms with Crippen LogP contribution in [0.3, 0.4) is 0 Å². The van der Waals surface area contributed by atoms with Gasteiger partial charge >= 0.3 is 0 Å². The van der Waals surface area contributed by atoms with Gasteiger partial charge in [-0.15, -0.1) is 0 Å². The molecule has 4 rings (SSSR count). The van der Waals surface area contributed by atoms with Crippen LogP contribution in [0.5, 0.6) is 23.0 Å². The van der Waals surface area contributed by atoms with Crippen molar-refractivity contribution in [3.8, 4) is 29.1 Å². The van der Waals surface area contributed by atoms with Gasteiger partial charge in [-0.3, -0.25) is 0 Å². The molecule has 0 saturated heterocycles. The van der Waals surface area contributed by atoms with Crippen molar-refractivity contribution in [2.24, 2.45) is 5.73 Å². The number of nitrogens with zero attached hydrogens (tertiary/aromatic N) is 1. The van der Waals surface area contributed by atoms with Crippen LogP contribution in [-0.4, -0.2) is 11.7 Å². The first-order valence-corrected chi connectivity index (χ1v) is 10.5. The van der Waals surface area contributed by atoms with Crippen molar-refractivity contribution in [2.45, 2.75) is 19.4 Å². The third-order valence-corrected chi connectivity index (χ3v) is 5.42. The molecule has 3 N–H and O–H groups in total. The summed E-state index contributed by atoms with van der Waals surface area (Å²) in [4.78, 5) is 0. The molecule has 168 valence electrons. The molecule has 0 fully saturated rings. The Bertz CT molecular complexity index is 1290. The molecule has 0 aromatic heterocycles. The molecule has 33 heavy (non-hydrogen) atoms. The predicted molar refractivity (Wildman–Crippen MR) is 121 cm³/mol. The zero-order valence-corrected chi connectivity index (χ0v) is 18.4. The lowest BCUT2D eigenvalue weighted by Gasteiger charge is -2.27. The third-order valence-electron chi connectivity index (χ3n) is 5.14. The molecule has 0 bridgehead atoms. The summed E-state index contributed by atoms with van der Waals surface area (Å²) in [7, 11) is 0. The lowest BCUT2D eigenvalue weighted by atomic mass is 9.83. The highest BCUT2D eigenvalue weighted by molar-refractivity contribution is 6.32. The molecule has 0 aliphatic carbocycles. The Labute approximate surface area is 195 Å². The molecular formula is C25H20ClFN2O4. The van der Waals surface area contributed by atoms with Crippen molar-refractivity contribution in [1.29, 1.82) is 5.26 Å². The highest BCUT2D eigenvalue weighted by Crippen LogP contribution is 2.47. The first-order valence-electron chi connectivity index (χ1n) is 10.1. The van der Waals surface area contributed by atoms with E-state index in [1.54, 1.807) is 30.3 Å². The second-order valence-electron chi connectivity index (χ2n) is 7.33. The minimum absolute atomic E-state index is 0.00911. The van der Waals surface area contributed by atoms with E-state index in [1.165, 1.54) is 24.3 Å². The summed E-state index contributed by atoms with van der Waals surface area (Å²) in [6.45, 7) is 2.26. The number of phenolic OH excluding ortho intramolecular Hbond substituents is 1. The molecule has 0 spiro atoms. The van der Waals surface area contributed by atoms with Crippen molar-refractivity contribution in [3.63, 3.8) is 0 Å². The van der Waals surface area contributed by atoms with E-state index in [-0.39, 0.29) is 34.7 Å². The van der Waals surface area contributed by atoms with E-state index in [2.05, 4.69) is 6.07 Å². The van der Waals surface area contributed by atoms with Crippen molar-refractivity contribution in [2.75, 3.05) is 6.61 Å². The van der Waals surface area contributed by atoms with Gasteiger partial charge in [0, 0.05) is 11.6 Å². The summed E-state index contributed by atoms with van der Waals surface area (Å²) in [6.07, 6.45) is 0. The van der Waals surface area contributed by atoms with E-state index < -0.39 is 5.92 Å². The summed E-state index contributed by atoms with van der Waals surface area (Å²) < 4.78 is 30.7. The number of rotatable bonds is 6. The molecule has 8 heteroatoms. The Morgan fingerprint density at radius 3 is 2.73 bits per heavy atom. The highest BCUT2D eigenvalue weighted by Gasteiger charge is 2.32. The highest BCUT2D eigenvalue weighted by atomic mass is 35.5. The molecule has 1 heterocycles. The molecule has 0 radical (unpaired) electrons. The van der Waals surface area contributed by atoms with Crippen LogP contribution in [0.25, 0.3) is 0 Å². The Morgan fingerprint density at radius 2 is 2.00 bits per heavy atom. The zero-order valence-electron chi connectivity index (χ0n) is 17.6. The Balaban J connectivity index is 1.76. The van der Waals surface area contributed by atoms with Gasteiger partial charge in [0.25, 0.3) is 0 Å². The van der Waals surface area contributed by atoms with Gasteiger partial charge in [0.1, 0.15) is 35.6 Å². The van der Waals surface area contributed by atoms with Gasteiger partial charge in [-0.2, -0.15) is 5.26 Å². The normalized spacial score (nSPS) is 14.8. The van der Waals surface area contributed by atoms with Gasteiger partial charge in [0.05, 0.1) is 17.5 Å². The van der Waals surface area contributed by atoms with Gasteiger partial charge < -0.3 is 25.1 Å². The number of nitrogens with two attached hydrogens (primary N) is 1. The molecule has 3 aromatic carbocycles. The number of benzene rings is 3. The van der Waals surface area contributed by atoms with Crippen molar-refractivity contribution >= 4 is 11.6 Å². The monoisotopic (exact) mass is 466 g/mol. The second-order valence-corrected chi connectivity index (χ2v) is 7.74. The number of nitriles is 1. The van der Waals surface area contributed by atoms with Gasteiger partial charge in [-0.05, 0) is 48.4 Å². The van der Waals surface area contributed by atoms with Crippen LogP contribution in [-0.2, 0) is 6.61 Å². The molecular weight excluding hydrogens is 447 g/mol. The standard InChI is InChI=1S/C25H20ClFN2O4/c1-2-31-22-10-15(9-20(26)24(22)32-13-14-4-3-5-16(27)8-14)23-18-7-6-17(30)11-21(18)33-25(29)19(23)12-28/h3-11,23,30H,2,13,29H2,1H3/t23-/m1/s1. The first kappa shape index (κ1) is 22.3. The summed E-state index contributed by atoms with van der Waals surface area (Å²) in [6, 6.07) is 16.2. The van der Waals surface area contributed by atoms with Gasteiger partial charge in [-0.1, -0.05) is 29.8 Å². The molecule has 0 unspecified atom stereocenters. The number of aromatic hydroxyl groups is 1. The largest absolute Gasteiger partial charge is 0.508 e. The lowest BCUT2D eigenvalue weighted by molar-refractivity contribution is 0.269. The number of hydrogen-bond donors (Lipinski definition) is 2. The van der Waals surface area contributed by atoms with Crippen LogP contribution in [0.4, 0.5) is 4.39 Å². The summed E-state index contributed by atoms with van der Waals surface area (Å²) in [5.74, 6) is 0.0283. The summed E-state index contributed by atoms with van der Waals surface area (Å²) in [5, 5.41) is 19.9. The van der Waals surface area contributed by atoms with Crippen LogP contribution in [0, 0.1) is 17.1 Å². The van der Waals surface area contributed by atoms with Crippen LogP contribution in [0.1, 0.15) is 29.5 Å². The second kappa shape index (κ2) is 9.31. The van der Waals surface area contributed by atoms with Gasteiger partial charge in [0.15, 0.2) is 11.5 Å². The van der Waals surface area contributed by atoms with E-state index in [1.807, 2.05) is 6.92 Å². The van der Waals surface area contributed by atoms with Crippen LogP contribution in [0.15, 0.2) is 66.1 Å². The Kier molecular flexibility index (Phi) is 6.29. The van der Waals surface area contributed by atoms with Crippen LogP contribution in [0.2, 0.25) is 5.02 Å². The minimum Gasteiger partial charge on any atom is -0.508 e. The molecule has 0 saturated carbocycles. The van der Waals surface area contributed by atoms with E-state index >= 15 is 0 Å². The van der Waals surface area contributed by atoms with E-state index in [0.717, 1.165) is 0 Å². The molecule has 1 aliphatic rings. The maximum atomic E-state index is 13.5. The topological polar surface area (TPSA) is 97.7 Å². The van der Waals surface area contributed by atoms with Crippen molar-refractivity contribution in [3.05, 3.63) is 93.6 Å². The molecule has 0 amide bonds. The number of allylic oxidation sites excluding steroid dienone is 1. The summed E-state index contributed by atoms with van der Waals surface area (Å²) in [5.41, 5.74) is 8.13. The van der Waals surface area contributed by atoms with Crippen LogP contribution >= 0.6 is 11.6 Å². The number of fused-ring (bicyclic) bond motifs is 1. The van der Waals surface area contributed by atoms with Crippen LogP contribution < -0.4 is 19.9 Å². The number of halogens is 2. The molecule has 1 aliphatic heterocycles. The molecule has 1 atom stereocenters.